The lowest BCUT2D eigenvalue weighted by Gasteiger charge is -2.18. The van der Waals surface area contributed by atoms with Gasteiger partial charge in [0.15, 0.2) is 6.10 Å². The van der Waals surface area contributed by atoms with E-state index in [4.69, 9.17) is 14.2 Å². The Morgan fingerprint density at radius 2 is 0.458 bits per heavy atom. The van der Waals surface area contributed by atoms with Crippen LogP contribution in [0.5, 0.6) is 0 Å². The van der Waals surface area contributed by atoms with Crippen LogP contribution in [-0.4, -0.2) is 37.2 Å². The van der Waals surface area contributed by atoms with Gasteiger partial charge in [-0.25, -0.2) is 0 Å². The molecule has 0 bridgehead atoms. The lowest BCUT2D eigenvalue weighted by Crippen LogP contribution is -2.30. The molecule has 0 amide bonds. The number of hydrogen-bond acceptors (Lipinski definition) is 6. The molecule has 0 N–H and O–H groups in total. The first-order valence-electron chi connectivity index (χ1n) is 37.5. The van der Waals surface area contributed by atoms with Gasteiger partial charge in [-0.15, -0.1) is 0 Å². The fourth-order valence-electron chi connectivity index (χ4n) is 11.5. The molecule has 83 heavy (non-hydrogen) atoms. The molecular formula is C77H144O6. The standard InChI is InChI=1S/C77H144O6/c1-4-7-10-13-16-19-22-25-27-29-31-33-35-36-37-38-39-40-42-43-45-47-49-52-55-58-61-64-67-70-76(79)82-73-74(72-81-75(78)69-66-63-60-57-54-51-24-21-18-15-12-9-6-3)83-77(80)71-68-65-62-59-56-53-50-48-46-44-41-34-32-30-28-26-23-20-17-14-11-8-5-2/h12,15,21,24,29,31,74H,4-11,13-14,16-20,22-23,25-28,30,32-73H2,1-3H3/b15-12-,24-21-,31-29-. The fourth-order valence-corrected chi connectivity index (χ4v) is 11.5. The van der Waals surface area contributed by atoms with E-state index in [1.54, 1.807) is 0 Å². The van der Waals surface area contributed by atoms with Gasteiger partial charge >= 0.3 is 17.9 Å². The van der Waals surface area contributed by atoms with Crippen molar-refractivity contribution >= 4 is 17.9 Å². The minimum absolute atomic E-state index is 0.0710. The van der Waals surface area contributed by atoms with Crippen LogP contribution in [0.2, 0.25) is 0 Å². The van der Waals surface area contributed by atoms with E-state index in [0.717, 1.165) is 83.5 Å². The van der Waals surface area contributed by atoms with Gasteiger partial charge < -0.3 is 14.2 Å². The summed E-state index contributed by atoms with van der Waals surface area (Å²) >= 11 is 0. The van der Waals surface area contributed by atoms with E-state index < -0.39 is 6.10 Å². The molecule has 0 heterocycles. The van der Waals surface area contributed by atoms with E-state index in [0.29, 0.717) is 19.3 Å². The molecule has 0 saturated heterocycles. The Balaban J connectivity index is 4.17. The quantitative estimate of drug-likeness (QED) is 0.0261. The van der Waals surface area contributed by atoms with Gasteiger partial charge in [-0.3, -0.25) is 14.4 Å². The van der Waals surface area contributed by atoms with E-state index in [9.17, 15) is 14.4 Å². The van der Waals surface area contributed by atoms with Crippen LogP contribution in [0.4, 0.5) is 0 Å². The van der Waals surface area contributed by atoms with Crippen molar-refractivity contribution in [2.24, 2.45) is 0 Å². The molecule has 0 radical (unpaired) electrons. The van der Waals surface area contributed by atoms with Gasteiger partial charge in [0.2, 0.25) is 0 Å². The maximum absolute atomic E-state index is 13.0. The van der Waals surface area contributed by atoms with Crippen molar-refractivity contribution in [1.82, 2.24) is 0 Å². The molecule has 0 fully saturated rings. The van der Waals surface area contributed by atoms with Crippen molar-refractivity contribution in [1.29, 1.82) is 0 Å². The molecule has 0 aliphatic heterocycles. The van der Waals surface area contributed by atoms with Crippen LogP contribution in [-0.2, 0) is 28.6 Å². The Labute approximate surface area is 518 Å². The third-order valence-corrected chi connectivity index (χ3v) is 17.1. The molecular weight excluding hydrogens is 1020 g/mol. The second-order valence-electron chi connectivity index (χ2n) is 25.6. The molecule has 6 heteroatoms. The molecule has 1 unspecified atom stereocenters. The predicted molar refractivity (Wildman–Crippen MR) is 362 cm³/mol. The summed E-state index contributed by atoms with van der Waals surface area (Å²) in [6, 6.07) is 0. The highest BCUT2D eigenvalue weighted by Crippen LogP contribution is 2.19. The molecule has 0 saturated carbocycles. The number of carbonyl (C=O) groups is 3. The van der Waals surface area contributed by atoms with Gasteiger partial charge in [0, 0.05) is 19.3 Å². The lowest BCUT2D eigenvalue weighted by molar-refractivity contribution is -0.167. The molecule has 6 nitrogen and oxygen atoms in total. The van der Waals surface area contributed by atoms with Crippen molar-refractivity contribution in [2.45, 2.75) is 425 Å². The van der Waals surface area contributed by atoms with Crippen molar-refractivity contribution in [3.05, 3.63) is 36.5 Å². The number of unbranched alkanes of at least 4 members (excludes halogenated alkanes) is 53. The second-order valence-corrected chi connectivity index (χ2v) is 25.6. The predicted octanol–water partition coefficient (Wildman–Crippen LogP) is 25.9. The molecule has 0 rings (SSSR count). The Morgan fingerprint density at radius 3 is 0.723 bits per heavy atom. The summed E-state index contributed by atoms with van der Waals surface area (Å²) in [7, 11) is 0. The number of allylic oxidation sites excluding steroid dienone is 6. The zero-order chi connectivity index (χ0) is 59.9. The maximum atomic E-state index is 13.0. The van der Waals surface area contributed by atoms with E-state index in [2.05, 4.69) is 57.2 Å². The molecule has 1 atom stereocenters. The van der Waals surface area contributed by atoms with Crippen LogP contribution in [0.1, 0.15) is 419 Å². The summed E-state index contributed by atoms with van der Waals surface area (Å²) in [6.07, 6.45) is 90.6. The Hall–Kier alpha value is -2.37. The van der Waals surface area contributed by atoms with Crippen LogP contribution >= 0.6 is 0 Å². The zero-order valence-corrected chi connectivity index (χ0v) is 56.2. The minimum atomic E-state index is -0.776. The molecule has 0 aliphatic carbocycles. The van der Waals surface area contributed by atoms with Crippen LogP contribution in [0.25, 0.3) is 0 Å². The van der Waals surface area contributed by atoms with Gasteiger partial charge in [-0.05, 0) is 70.6 Å². The largest absolute Gasteiger partial charge is 0.462 e. The number of ether oxygens (including phenoxy) is 3. The molecule has 0 aliphatic rings. The maximum Gasteiger partial charge on any atom is 0.306 e. The summed E-state index contributed by atoms with van der Waals surface area (Å²) in [5.74, 6) is -0.854. The highest BCUT2D eigenvalue weighted by Gasteiger charge is 2.20. The average molecular weight is 1170 g/mol. The first kappa shape index (κ1) is 80.6. The van der Waals surface area contributed by atoms with E-state index in [1.165, 1.54) is 295 Å². The van der Waals surface area contributed by atoms with Crippen LogP contribution in [0, 0.1) is 0 Å². The first-order valence-corrected chi connectivity index (χ1v) is 37.5. The number of hydrogen-bond donors (Lipinski definition) is 0. The van der Waals surface area contributed by atoms with Gasteiger partial charge in [0.1, 0.15) is 13.2 Å². The molecule has 0 spiro atoms. The average Bonchev–Trinajstić information content (AvgIpc) is 3.49. The highest BCUT2D eigenvalue weighted by atomic mass is 16.6. The summed E-state index contributed by atoms with van der Waals surface area (Å²) < 4.78 is 17.0. The molecule has 0 aromatic carbocycles. The summed E-state index contributed by atoms with van der Waals surface area (Å²) in [4.78, 5) is 38.5. The lowest BCUT2D eigenvalue weighted by atomic mass is 10.0. The summed E-state index contributed by atoms with van der Waals surface area (Å²) in [6.45, 7) is 6.65. The van der Waals surface area contributed by atoms with E-state index in [-0.39, 0.29) is 31.1 Å². The zero-order valence-electron chi connectivity index (χ0n) is 56.2. The van der Waals surface area contributed by atoms with Crippen LogP contribution in [0.3, 0.4) is 0 Å². The SMILES string of the molecule is CCC/C=C\C/C=C\CCCCCCCC(=O)OCC(COC(=O)CCCCCCCCCCCCCCCCCCC/C=C\CCCCCCCCCC)OC(=O)CCCCCCCCCCCCCCCCCCCCCCCCC. The topological polar surface area (TPSA) is 78.9 Å². The fraction of sp³-hybridized carbons (Fsp3) is 0.883. The Bertz CT molecular complexity index is 1380. The normalized spacial score (nSPS) is 12.2. The van der Waals surface area contributed by atoms with Gasteiger partial charge in [0.05, 0.1) is 0 Å². The van der Waals surface area contributed by atoms with E-state index in [1.807, 2.05) is 0 Å². The molecule has 0 aromatic rings. The summed E-state index contributed by atoms with van der Waals surface area (Å²) in [5.41, 5.74) is 0. The van der Waals surface area contributed by atoms with Crippen molar-refractivity contribution in [3.8, 4) is 0 Å². The van der Waals surface area contributed by atoms with E-state index >= 15 is 0 Å². The van der Waals surface area contributed by atoms with Crippen molar-refractivity contribution in [2.75, 3.05) is 13.2 Å². The van der Waals surface area contributed by atoms with Gasteiger partial charge in [-0.2, -0.15) is 0 Å². The number of rotatable bonds is 70. The van der Waals surface area contributed by atoms with Crippen molar-refractivity contribution in [3.63, 3.8) is 0 Å². The van der Waals surface area contributed by atoms with Gasteiger partial charge in [-0.1, -0.05) is 365 Å². The monoisotopic (exact) mass is 1170 g/mol. The molecule has 488 valence electrons. The van der Waals surface area contributed by atoms with Gasteiger partial charge in [0.25, 0.3) is 0 Å². The third kappa shape index (κ3) is 70.3. The number of esters is 3. The van der Waals surface area contributed by atoms with Crippen LogP contribution in [0.15, 0.2) is 36.5 Å². The first-order chi connectivity index (χ1) is 41.0. The highest BCUT2D eigenvalue weighted by molar-refractivity contribution is 5.71. The third-order valence-electron chi connectivity index (χ3n) is 17.1. The Kier molecular flexibility index (Phi) is 70.0. The Morgan fingerprint density at radius 1 is 0.241 bits per heavy atom. The smallest absolute Gasteiger partial charge is 0.306 e. The minimum Gasteiger partial charge on any atom is -0.462 e. The molecule has 0 aromatic heterocycles. The summed E-state index contributed by atoms with van der Waals surface area (Å²) in [5, 5.41) is 0. The number of carbonyl (C=O) groups excluding carboxylic acids is 3. The second kappa shape index (κ2) is 72.1. The van der Waals surface area contributed by atoms with Crippen LogP contribution < -0.4 is 0 Å². The van der Waals surface area contributed by atoms with Crippen molar-refractivity contribution < 1.29 is 28.6 Å².